The molecule has 3 nitrogen and oxygen atoms in total. The SMILES string of the molecule is C=C/C(N)=C(/O)CCC=N. The Labute approximate surface area is 60.4 Å². The smallest absolute Gasteiger partial charge is 0.115 e. The molecule has 0 fully saturated rings. The summed E-state index contributed by atoms with van der Waals surface area (Å²) in [6.07, 6.45) is 3.55. The van der Waals surface area contributed by atoms with Gasteiger partial charge in [-0.25, -0.2) is 0 Å². The standard InChI is InChI=1S/C7H12N2O/c1-2-6(9)7(10)4-3-5-8/h2,5,8,10H,1,3-4,9H2/b7-6-,8-5?. The number of aliphatic hydroxyl groups excluding tert-OH is 1. The van der Waals surface area contributed by atoms with Crippen LogP contribution in [0.1, 0.15) is 12.8 Å². The number of hydrogen-bond acceptors (Lipinski definition) is 3. The zero-order valence-corrected chi connectivity index (χ0v) is 5.80. The van der Waals surface area contributed by atoms with Crippen LogP contribution in [0.3, 0.4) is 0 Å². The Hall–Kier alpha value is -1.25. The van der Waals surface area contributed by atoms with Gasteiger partial charge in [-0.3, -0.25) is 0 Å². The normalized spacial score (nSPS) is 12.0. The highest BCUT2D eigenvalue weighted by Gasteiger charge is 1.94. The molecule has 0 unspecified atom stereocenters. The minimum Gasteiger partial charge on any atom is -0.510 e. The number of hydrogen-bond donors (Lipinski definition) is 3. The van der Waals surface area contributed by atoms with Crippen molar-refractivity contribution < 1.29 is 5.11 Å². The fourth-order valence-electron chi connectivity index (χ4n) is 0.471. The van der Waals surface area contributed by atoms with Gasteiger partial charge in [0.25, 0.3) is 0 Å². The maximum absolute atomic E-state index is 9.03. The summed E-state index contributed by atoms with van der Waals surface area (Å²) in [6, 6.07) is 0. The Bertz CT molecular complexity index is 161. The van der Waals surface area contributed by atoms with Crippen molar-refractivity contribution in [3.05, 3.63) is 24.1 Å². The Kier molecular flexibility index (Phi) is 4.04. The van der Waals surface area contributed by atoms with E-state index in [1.807, 2.05) is 0 Å². The van der Waals surface area contributed by atoms with Crippen molar-refractivity contribution in [1.82, 2.24) is 0 Å². The number of aliphatic hydroxyl groups is 1. The van der Waals surface area contributed by atoms with Crippen LogP contribution in [0.4, 0.5) is 0 Å². The van der Waals surface area contributed by atoms with Crippen LogP contribution in [0.15, 0.2) is 24.1 Å². The predicted molar refractivity (Wildman–Crippen MR) is 42.1 cm³/mol. The topological polar surface area (TPSA) is 70.1 Å². The third-order valence-electron chi connectivity index (χ3n) is 1.08. The summed E-state index contributed by atoms with van der Waals surface area (Å²) in [7, 11) is 0. The second-order valence-corrected chi connectivity index (χ2v) is 1.85. The lowest BCUT2D eigenvalue weighted by atomic mass is 10.2. The number of nitrogens with two attached hydrogens (primary N) is 1. The average molecular weight is 140 g/mol. The molecule has 0 aliphatic rings. The molecule has 0 saturated carbocycles. The van der Waals surface area contributed by atoms with Crippen molar-refractivity contribution in [1.29, 1.82) is 5.41 Å². The van der Waals surface area contributed by atoms with Crippen LogP contribution < -0.4 is 5.73 Å². The van der Waals surface area contributed by atoms with Crippen LogP contribution in [0.5, 0.6) is 0 Å². The lowest BCUT2D eigenvalue weighted by Gasteiger charge is -1.98. The molecule has 0 spiro atoms. The van der Waals surface area contributed by atoms with Gasteiger partial charge in [0.1, 0.15) is 5.76 Å². The lowest BCUT2D eigenvalue weighted by Crippen LogP contribution is -1.99. The van der Waals surface area contributed by atoms with E-state index >= 15 is 0 Å². The van der Waals surface area contributed by atoms with E-state index in [1.165, 1.54) is 12.3 Å². The first-order chi connectivity index (χ1) is 4.72. The molecule has 0 aromatic rings. The monoisotopic (exact) mass is 140 g/mol. The minimum absolute atomic E-state index is 0.110. The minimum atomic E-state index is 0.110. The van der Waals surface area contributed by atoms with E-state index in [0.29, 0.717) is 18.5 Å². The van der Waals surface area contributed by atoms with Crippen molar-refractivity contribution in [3.63, 3.8) is 0 Å². The van der Waals surface area contributed by atoms with Gasteiger partial charge in [-0.1, -0.05) is 6.58 Å². The number of rotatable bonds is 4. The molecule has 4 N–H and O–H groups in total. The Morgan fingerprint density at radius 1 is 1.70 bits per heavy atom. The maximum atomic E-state index is 9.03. The first kappa shape index (κ1) is 8.75. The first-order valence-corrected chi connectivity index (χ1v) is 3.01. The zero-order chi connectivity index (χ0) is 7.98. The molecule has 0 aliphatic carbocycles. The largest absolute Gasteiger partial charge is 0.510 e. The van der Waals surface area contributed by atoms with Gasteiger partial charge in [-0.2, -0.15) is 0 Å². The van der Waals surface area contributed by atoms with Gasteiger partial charge in [-0.05, 0) is 18.7 Å². The van der Waals surface area contributed by atoms with Crippen molar-refractivity contribution >= 4 is 6.21 Å². The summed E-state index contributed by atoms with van der Waals surface area (Å²) in [5.41, 5.74) is 5.59. The van der Waals surface area contributed by atoms with Crippen molar-refractivity contribution in [3.8, 4) is 0 Å². The maximum Gasteiger partial charge on any atom is 0.115 e. The molecule has 0 bridgehead atoms. The second-order valence-electron chi connectivity index (χ2n) is 1.85. The highest BCUT2D eigenvalue weighted by Crippen LogP contribution is 2.02. The Morgan fingerprint density at radius 2 is 2.30 bits per heavy atom. The van der Waals surface area contributed by atoms with Crippen LogP contribution in [-0.2, 0) is 0 Å². The molecule has 0 heterocycles. The van der Waals surface area contributed by atoms with Crippen molar-refractivity contribution in [2.24, 2.45) is 5.73 Å². The fraction of sp³-hybridized carbons (Fsp3) is 0.286. The quantitative estimate of drug-likeness (QED) is 0.313. The summed E-state index contributed by atoms with van der Waals surface area (Å²) < 4.78 is 0. The molecule has 0 saturated heterocycles. The summed E-state index contributed by atoms with van der Waals surface area (Å²) in [4.78, 5) is 0. The van der Waals surface area contributed by atoms with E-state index in [4.69, 9.17) is 16.2 Å². The third-order valence-corrected chi connectivity index (χ3v) is 1.08. The van der Waals surface area contributed by atoms with Gasteiger partial charge in [0.2, 0.25) is 0 Å². The summed E-state index contributed by atoms with van der Waals surface area (Å²) in [6.45, 7) is 3.39. The van der Waals surface area contributed by atoms with Crippen molar-refractivity contribution in [2.45, 2.75) is 12.8 Å². The van der Waals surface area contributed by atoms with E-state index < -0.39 is 0 Å². The molecule has 10 heavy (non-hydrogen) atoms. The van der Waals surface area contributed by atoms with Crippen LogP contribution in [0.25, 0.3) is 0 Å². The van der Waals surface area contributed by atoms with Crippen molar-refractivity contribution in [2.75, 3.05) is 0 Å². The van der Waals surface area contributed by atoms with Gasteiger partial charge < -0.3 is 16.2 Å². The summed E-state index contributed by atoms with van der Waals surface area (Å²) >= 11 is 0. The average Bonchev–Trinajstić information content (AvgIpc) is 1.98. The fourth-order valence-corrected chi connectivity index (χ4v) is 0.471. The molecule has 0 amide bonds. The molecular formula is C7H12N2O. The Morgan fingerprint density at radius 3 is 2.70 bits per heavy atom. The molecule has 0 aromatic heterocycles. The number of allylic oxidation sites excluding steroid dienone is 2. The van der Waals surface area contributed by atoms with Crippen LogP contribution in [-0.4, -0.2) is 11.3 Å². The van der Waals surface area contributed by atoms with Crippen LogP contribution in [0.2, 0.25) is 0 Å². The molecule has 0 aliphatic heterocycles. The molecule has 56 valence electrons. The van der Waals surface area contributed by atoms with Gasteiger partial charge in [0, 0.05) is 6.42 Å². The molecule has 0 rings (SSSR count). The molecule has 3 heteroatoms. The highest BCUT2D eigenvalue weighted by molar-refractivity contribution is 5.53. The molecule has 0 radical (unpaired) electrons. The van der Waals surface area contributed by atoms with Gasteiger partial charge in [0.15, 0.2) is 0 Å². The van der Waals surface area contributed by atoms with Gasteiger partial charge in [-0.15, -0.1) is 0 Å². The lowest BCUT2D eigenvalue weighted by molar-refractivity contribution is 0.385. The number of nitrogens with one attached hydrogen (secondary N) is 1. The summed E-state index contributed by atoms with van der Waals surface area (Å²) in [5.74, 6) is 0.110. The van der Waals surface area contributed by atoms with Gasteiger partial charge in [0.05, 0.1) is 5.70 Å². The predicted octanol–water partition coefficient (Wildman–Crippen LogP) is 1.33. The van der Waals surface area contributed by atoms with E-state index in [2.05, 4.69) is 6.58 Å². The highest BCUT2D eigenvalue weighted by atomic mass is 16.3. The molecule has 0 atom stereocenters. The van der Waals surface area contributed by atoms with E-state index in [0.717, 1.165) is 0 Å². The van der Waals surface area contributed by atoms with E-state index in [1.54, 1.807) is 0 Å². The third kappa shape index (κ3) is 2.91. The molecule has 0 aromatic carbocycles. The van der Waals surface area contributed by atoms with Gasteiger partial charge >= 0.3 is 0 Å². The van der Waals surface area contributed by atoms with E-state index in [9.17, 15) is 0 Å². The zero-order valence-electron chi connectivity index (χ0n) is 5.80. The van der Waals surface area contributed by atoms with Crippen LogP contribution in [0, 0.1) is 5.41 Å². The Balaban J connectivity index is 3.90. The second kappa shape index (κ2) is 4.61. The molecular weight excluding hydrogens is 128 g/mol. The summed E-state index contributed by atoms with van der Waals surface area (Å²) in [5, 5.41) is 15.7. The van der Waals surface area contributed by atoms with Crippen LogP contribution >= 0.6 is 0 Å². The first-order valence-electron chi connectivity index (χ1n) is 3.01. The van der Waals surface area contributed by atoms with E-state index in [-0.39, 0.29) is 5.76 Å².